The van der Waals surface area contributed by atoms with Crippen LogP contribution in [0.1, 0.15) is 35.4 Å². The molecule has 0 atom stereocenters. The first-order valence-electron chi connectivity index (χ1n) is 8.44. The highest BCUT2D eigenvalue weighted by Gasteiger charge is 2.22. The van der Waals surface area contributed by atoms with Crippen molar-refractivity contribution in [2.45, 2.75) is 32.3 Å². The third-order valence-corrected chi connectivity index (χ3v) is 4.92. The summed E-state index contributed by atoms with van der Waals surface area (Å²) in [5, 5.41) is 4.14. The molecule has 0 saturated carbocycles. The normalized spacial score (nSPS) is 15.3. The van der Waals surface area contributed by atoms with Crippen molar-refractivity contribution >= 4 is 11.6 Å². The van der Waals surface area contributed by atoms with Crippen LogP contribution in [0.3, 0.4) is 0 Å². The second-order valence-electron chi connectivity index (χ2n) is 6.29. The smallest absolute Gasteiger partial charge is 0.164 e. The molecule has 2 aromatic rings. The fourth-order valence-corrected chi connectivity index (χ4v) is 3.49. The molecule has 3 rings (SSSR count). The molecule has 0 radical (unpaired) electrons. The van der Waals surface area contributed by atoms with Gasteiger partial charge in [0.15, 0.2) is 11.5 Å². The first kappa shape index (κ1) is 17.1. The predicted molar refractivity (Wildman–Crippen MR) is 98.4 cm³/mol. The van der Waals surface area contributed by atoms with E-state index in [4.69, 9.17) is 21.1 Å². The number of halogens is 1. The van der Waals surface area contributed by atoms with E-state index < -0.39 is 0 Å². The minimum Gasteiger partial charge on any atom is -0.493 e. The number of rotatable bonds is 5. The summed E-state index contributed by atoms with van der Waals surface area (Å²) in [6.07, 6.45) is 2.26. The third kappa shape index (κ3) is 3.85. The molecule has 1 aliphatic heterocycles. The summed E-state index contributed by atoms with van der Waals surface area (Å²) in [5.41, 5.74) is 3.43. The van der Waals surface area contributed by atoms with Gasteiger partial charge in [-0.2, -0.15) is 0 Å². The minimum atomic E-state index is 0.436. The van der Waals surface area contributed by atoms with E-state index in [-0.39, 0.29) is 0 Å². The number of hydrogen-bond donors (Lipinski definition) is 1. The van der Waals surface area contributed by atoms with Crippen LogP contribution in [0, 0.1) is 6.92 Å². The Labute approximate surface area is 148 Å². The first-order valence-corrected chi connectivity index (χ1v) is 8.82. The number of hydrogen-bond acceptors (Lipinski definition) is 3. The van der Waals surface area contributed by atoms with Crippen molar-refractivity contribution in [3.63, 3.8) is 0 Å². The molecule has 1 heterocycles. The average molecular weight is 346 g/mol. The summed E-state index contributed by atoms with van der Waals surface area (Å²) in [4.78, 5) is 0. The molecule has 24 heavy (non-hydrogen) atoms. The van der Waals surface area contributed by atoms with Gasteiger partial charge in [-0.1, -0.05) is 35.9 Å². The second kappa shape index (κ2) is 7.91. The first-order chi connectivity index (χ1) is 11.7. The lowest BCUT2D eigenvalue weighted by molar-refractivity contribution is 0.281. The zero-order valence-electron chi connectivity index (χ0n) is 14.3. The Kier molecular flexibility index (Phi) is 5.64. The van der Waals surface area contributed by atoms with Crippen LogP contribution in [-0.2, 0) is 6.61 Å². The molecule has 0 bridgehead atoms. The van der Waals surface area contributed by atoms with E-state index in [0.29, 0.717) is 12.5 Å². The highest BCUT2D eigenvalue weighted by Crippen LogP contribution is 2.40. The number of piperidine rings is 1. The van der Waals surface area contributed by atoms with Crippen LogP contribution in [0.25, 0.3) is 0 Å². The highest BCUT2D eigenvalue weighted by molar-refractivity contribution is 6.31. The summed E-state index contributed by atoms with van der Waals surface area (Å²) in [6, 6.07) is 12.0. The van der Waals surface area contributed by atoms with E-state index in [1.54, 1.807) is 7.11 Å². The van der Waals surface area contributed by atoms with Gasteiger partial charge in [-0.15, -0.1) is 0 Å². The molecular formula is C20H24ClNO2. The monoisotopic (exact) mass is 345 g/mol. The molecule has 2 aromatic carbocycles. The average Bonchev–Trinajstić information content (AvgIpc) is 2.61. The van der Waals surface area contributed by atoms with Crippen molar-refractivity contribution in [3.05, 3.63) is 58.1 Å². The summed E-state index contributed by atoms with van der Waals surface area (Å²) < 4.78 is 11.8. The molecule has 1 aliphatic rings. The fourth-order valence-electron chi connectivity index (χ4n) is 3.30. The number of ether oxygens (including phenoxy) is 2. The lowest BCUT2D eigenvalue weighted by Gasteiger charge is -2.26. The van der Waals surface area contributed by atoms with Gasteiger partial charge in [-0.05, 0) is 56.5 Å². The molecule has 1 saturated heterocycles. The Morgan fingerprint density at radius 3 is 2.62 bits per heavy atom. The molecular weight excluding hydrogens is 322 g/mol. The van der Waals surface area contributed by atoms with Gasteiger partial charge in [-0.25, -0.2) is 0 Å². The maximum Gasteiger partial charge on any atom is 0.164 e. The zero-order chi connectivity index (χ0) is 16.9. The molecule has 1 N–H and O–H groups in total. The second-order valence-corrected chi connectivity index (χ2v) is 6.70. The summed E-state index contributed by atoms with van der Waals surface area (Å²) in [6.45, 7) is 4.65. The molecule has 3 nitrogen and oxygen atoms in total. The van der Waals surface area contributed by atoms with E-state index in [0.717, 1.165) is 48.0 Å². The van der Waals surface area contributed by atoms with E-state index in [1.807, 2.05) is 30.3 Å². The number of benzene rings is 2. The van der Waals surface area contributed by atoms with Gasteiger partial charge in [0.1, 0.15) is 6.61 Å². The van der Waals surface area contributed by atoms with Gasteiger partial charge >= 0.3 is 0 Å². The van der Waals surface area contributed by atoms with Gasteiger partial charge in [0, 0.05) is 16.1 Å². The van der Waals surface area contributed by atoms with Gasteiger partial charge in [0.2, 0.25) is 0 Å². The van der Waals surface area contributed by atoms with E-state index >= 15 is 0 Å². The Bertz CT molecular complexity index is 696. The predicted octanol–water partition coefficient (Wildman–Crippen LogP) is 4.70. The van der Waals surface area contributed by atoms with Gasteiger partial charge in [0.05, 0.1) is 7.11 Å². The lowest BCUT2D eigenvalue weighted by atomic mass is 9.88. The van der Waals surface area contributed by atoms with Crippen LogP contribution in [0.15, 0.2) is 36.4 Å². The quantitative estimate of drug-likeness (QED) is 0.851. The molecule has 4 heteroatoms. The summed E-state index contributed by atoms with van der Waals surface area (Å²) in [5.74, 6) is 2.18. The SMILES string of the molecule is COc1c(OCc2ccccc2Cl)cc(C)cc1C1CCNCC1. The van der Waals surface area contributed by atoms with Crippen LogP contribution in [0.5, 0.6) is 11.5 Å². The van der Waals surface area contributed by atoms with Crippen LogP contribution in [-0.4, -0.2) is 20.2 Å². The summed E-state index contributed by atoms with van der Waals surface area (Å²) in [7, 11) is 1.72. The topological polar surface area (TPSA) is 30.5 Å². The van der Waals surface area contributed by atoms with Gasteiger partial charge < -0.3 is 14.8 Å². The standard InChI is InChI=1S/C20H24ClNO2/c1-14-11-17(15-7-9-22-10-8-15)20(23-2)19(12-14)24-13-16-5-3-4-6-18(16)21/h3-6,11-12,15,22H,7-10,13H2,1-2H3. The van der Waals surface area contributed by atoms with Crippen LogP contribution < -0.4 is 14.8 Å². The lowest BCUT2D eigenvalue weighted by Crippen LogP contribution is -2.26. The Balaban J connectivity index is 1.86. The van der Waals surface area contributed by atoms with Crippen molar-refractivity contribution in [3.8, 4) is 11.5 Å². The largest absolute Gasteiger partial charge is 0.493 e. The minimum absolute atomic E-state index is 0.436. The molecule has 128 valence electrons. The van der Waals surface area contributed by atoms with E-state index in [9.17, 15) is 0 Å². The van der Waals surface area contributed by atoms with Crippen LogP contribution in [0.4, 0.5) is 0 Å². The zero-order valence-corrected chi connectivity index (χ0v) is 15.0. The molecule has 0 spiro atoms. The van der Waals surface area contributed by atoms with Crippen LogP contribution >= 0.6 is 11.6 Å². The van der Waals surface area contributed by atoms with E-state index in [1.165, 1.54) is 11.1 Å². The molecule has 0 unspecified atom stereocenters. The van der Waals surface area contributed by atoms with E-state index in [2.05, 4.69) is 18.3 Å². The number of nitrogens with one attached hydrogen (secondary N) is 1. The van der Waals surface area contributed by atoms with Gasteiger partial charge in [-0.3, -0.25) is 0 Å². The Morgan fingerprint density at radius 1 is 1.17 bits per heavy atom. The summed E-state index contributed by atoms with van der Waals surface area (Å²) >= 11 is 6.23. The highest BCUT2D eigenvalue weighted by atomic mass is 35.5. The van der Waals surface area contributed by atoms with Gasteiger partial charge in [0.25, 0.3) is 0 Å². The Morgan fingerprint density at radius 2 is 1.92 bits per heavy atom. The van der Waals surface area contributed by atoms with Crippen molar-refractivity contribution in [2.24, 2.45) is 0 Å². The van der Waals surface area contributed by atoms with Crippen molar-refractivity contribution in [2.75, 3.05) is 20.2 Å². The van der Waals surface area contributed by atoms with Crippen molar-refractivity contribution < 1.29 is 9.47 Å². The molecule has 1 fully saturated rings. The number of methoxy groups -OCH3 is 1. The Hall–Kier alpha value is -1.71. The number of aryl methyl sites for hydroxylation is 1. The molecule has 0 amide bonds. The molecule has 0 aliphatic carbocycles. The maximum atomic E-state index is 6.23. The maximum absolute atomic E-state index is 6.23. The third-order valence-electron chi connectivity index (χ3n) is 4.55. The van der Waals surface area contributed by atoms with Crippen molar-refractivity contribution in [1.82, 2.24) is 5.32 Å². The molecule has 0 aromatic heterocycles. The fraction of sp³-hybridized carbons (Fsp3) is 0.400. The van der Waals surface area contributed by atoms with Crippen LogP contribution in [0.2, 0.25) is 5.02 Å². The van der Waals surface area contributed by atoms with Crippen molar-refractivity contribution in [1.29, 1.82) is 0 Å².